The van der Waals surface area contributed by atoms with Gasteiger partial charge in [-0.1, -0.05) is 11.6 Å². The van der Waals surface area contributed by atoms with Gasteiger partial charge in [0.25, 0.3) is 0 Å². The van der Waals surface area contributed by atoms with Crippen molar-refractivity contribution < 1.29 is 12.8 Å². The average molecular weight is 434 g/mol. The zero-order valence-electron chi connectivity index (χ0n) is 16.5. The van der Waals surface area contributed by atoms with Gasteiger partial charge in [-0.15, -0.1) is 0 Å². The topological polar surface area (TPSA) is 77.1 Å². The van der Waals surface area contributed by atoms with E-state index in [9.17, 15) is 8.42 Å². The Bertz CT molecular complexity index is 1120. The van der Waals surface area contributed by atoms with Crippen molar-refractivity contribution in [3.8, 4) is 11.3 Å². The quantitative estimate of drug-likeness (QED) is 0.634. The van der Waals surface area contributed by atoms with Crippen LogP contribution in [0.2, 0.25) is 5.02 Å². The molecule has 4 rings (SSSR count). The van der Waals surface area contributed by atoms with Gasteiger partial charge in [0.05, 0.1) is 29.8 Å². The average Bonchev–Trinajstić information content (AvgIpc) is 3.36. The second-order valence-corrected chi connectivity index (χ2v) is 10.2. The highest BCUT2D eigenvalue weighted by atomic mass is 35.5. The first-order chi connectivity index (χ1) is 13.8. The van der Waals surface area contributed by atoms with Crippen molar-refractivity contribution in [3.05, 3.63) is 64.1 Å². The maximum Gasteiger partial charge on any atom is 0.152 e. The summed E-state index contributed by atoms with van der Waals surface area (Å²) >= 11 is 5.94. The summed E-state index contributed by atoms with van der Waals surface area (Å²) in [6.45, 7) is 5.21. The minimum absolute atomic E-state index is 0.0561. The van der Waals surface area contributed by atoms with E-state index in [0.29, 0.717) is 24.5 Å². The van der Waals surface area contributed by atoms with Gasteiger partial charge in [0.1, 0.15) is 11.5 Å². The second kappa shape index (κ2) is 7.97. The third-order valence-electron chi connectivity index (χ3n) is 5.42. The molecular weight excluding hydrogens is 410 g/mol. The summed E-state index contributed by atoms with van der Waals surface area (Å²) in [4.78, 5) is 0. The molecule has 6 nitrogen and oxygen atoms in total. The van der Waals surface area contributed by atoms with E-state index in [4.69, 9.17) is 16.0 Å². The summed E-state index contributed by atoms with van der Waals surface area (Å²) in [5.74, 6) is 2.08. The normalized spacial score (nSPS) is 18.4. The van der Waals surface area contributed by atoms with Gasteiger partial charge in [0.2, 0.25) is 0 Å². The molecule has 1 aromatic carbocycles. The third kappa shape index (κ3) is 4.42. The highest BCUT2D eigenvalue weighted by Gasteiger charge is 2.31. The molecule has 3 heterocycles. The van der Waals surface area contributed by atoms with Crippen molar-refractivity contribution in [3.63, 3.8) is 0 Å². The third-order valence-corrected chi connectivity index (χ3v) is 7.42. The minimum Gasteiger partial charge on any atom is -0.460 e. The molecule has 1 saturated heterocycles. The lowest BCUT2D eigenvalue weighted by molar-refractivity contribution is 0.482. The molecule has 29 heavy (non-hydrogen) atoms. The van der Waals surface area contributed by atoms with Crippen LogP contribution in [-0.4, -0.2) is 29.7 Å². The fourth-order valence-electron chi connectivity index (χ4n) is 3.83. The highest BCUT2D eigenvalue weighted by Crippen LogP contribution is 2.27. The lowest BCUT2D eigenvalue weighted by Gasteiger charge is -2.11. The summed E-state index contributed by atoms with van der Waals surface area (Å²) in [7, 11) is -2.94. The van der Waals surface area contributed by atoms with Crippen LogP contribution >= 0.6 is 11.6 Å². The Morgan fingerprint density at radius 3 is 2.62 bits per heavy atom. The van der Waals surface area contributed by atoms with Crippen LogP contribution in [0, 0.1) is 13.8 Å². The van der Waals surface area contributed by atoms with Crippen molar-refractivity contribution in [2.75, 3.05) is 11.5 Å². The van der Waals surface area contributed by atoms with Gasteiger partial charge in [-0.2, -0.15) is 5.10 Å². The molecule has 0 amide bonds. The van der Waals surface area contributed by atoms with Crippen molar-refractivity contribution in [2.45, 2.75) is 39.4 Å². The summed E-state index contributed by atoms with van der Waals surface area (Å²) in [5, 5.41) is 8.72. The van der Waals surface area contributed by atoms with Crippen molar-refractivity contribution >= 4 is 21.4 Å². The van der Waals surface area contributed by atoms with Gasteiger partial charge in [-0.25, -0.2) is 8.42 Å². The second-order valence-electron chi connectivity index (χ2n) is 7.53. The molecule has 0 unspecified atom stereocenters. The molecule has 1 atom stereocenters. The Labute approximate surface area is 175 Å². The predicted octanol–water partition coefficient (Wildman–Crippen LogP) is 4.06. The van der Waals surface area contributed by atoms with E-state index in [-0.39, 0.29) is 17.5 Å². The Balaban J connectivity index is 1.39. The Morgan fingerprint density at radius 2 is 1.93 bits per heavy atom. The van der Waals surface area contributed by atoms with Gasteiger partial charge in [0, 0.05) is 28.4 Å². The van der Waals surface area contributed by atoms with Crippen LogP contribution in [0.3, 0.4) is 0 Å². The van der Waals surface area contributed by atoms with Crippen LogP contribution in [0.5, 0.6) is 0 Å². The van der Waals surface area contributed by atoms with Crippen molar-refractivity contribution in [2.24, 2.45) is 0 Å². The Kier molecular flexibility index (Phi) is 5.55. The molecule has 3 aromatic rings. The molecule has 0 bridgehead atoms. The number of rotatable bonds is 6. The molecule has 1 aliphatic rings. The molecule has 1 aliphatic heterocycles. The number of aryl methyl sites for hydroxylation is 1. The minimum atomic E-state index is -2.94. The summed E-state index contributed by atoms with van der Waals surface area (Å²) in [6, 6.07) is 11.4. The zero-order chi connectivity index (χ0) is 20.6. The maximum atomic E-state index is 11.8. The molecule has 154 valence electrons. The summed E-state index contributed by atoms with van der Waals surface area (Å²) in [6.07, 6.45) is 0.636. The van der Waals surface area contributed by atoms with Gasteiger partial charge in [0.15, 0.2) is 9.84 Å². The fraction of sp³-hybridized carbons (Fsp3) is 0.381. The first-order valence-electron chi connectivity index (χ1n) is 9.63. The van der Waals surface area contributed by atoms with Crippen molar-refractivity contribution in [1.82, 2.24) is 15.1 Å². The summed E-state index contributed by atoms with van der Waals surface area (Å²) < 4.78 is 31.4. The number of nitrogens with zero attached hydrogens (tertiary/aromatic N) is 2. The number of sulfone groups is 1. The van der Waals surface area contributed by atoms with Crippen LogP contribution in [-0.2, 0) is 22.9 Å². The van der Waals surface area contributed by atoms with Gasteiger partial charge in [-0.05, 0) is 56.7 Å². The number of furan rings is 1. The number of hydrogen-bond acceptors (Lipinski definition) is 5. The molecule has 0 saturated carbocycles. The van der Waals surface area contributed by atoms with Gasteiger partial charge in [-0.3, -0.25) is 4.68 Å². The van der Waals surface area contributed by atoms with E-state index < -0.39 is 9.84 Å². The molecule has 0 radical (unpaired) electrons. The van der Waals surface area contributed by atoms with Crippen LogP contribution < -0.4 is 5.32 Å². The van der Waals surface area contributed by atoms with Gasteiger partial charge < -0.3 is 9.73 Å². The Morgan fingerprint density at radius 1 is 1.17 bits per heavy atom. The molecule has 1 N–H and O–H groups in total. The molecule has 2 aromatic heterocycles. The number of halogens is 1. The summed E-state index contributed by atoms with van der Waals surface area (Å²) in [5.41, 5.74) is 4.05. The number of aromatic nitrogens is 2. The predicted molar refractivity (Wildman–Crippen MR) is 114 cm³/mol. The molecule has 8 heteroatoms. The smallest absolute Gasteiger partial charge is 0.152 e. The lowest BCUT2D eigenvalue weighted by atomic mass is 10.2. The van der Waals surface area contributed by atoms with Crippen LogP contribution in [0.1, 0.15) is 35.2 Å². The van der Waals surface area contributed by atoms with Crippen LogP contribution in [0.25, 0.3) is 11.3 Å². The highest BCUT2D eigenvalue weighted by molar-refractivity contribution is 7.91. The Hall–Kier alpha value is -2.09. The number of hydrogen-bond donors (Lipinski definition) is 1. The first kappa shape index (κ1) is 20.2. The van der Waals surface area contributed by atoms with E-state index in [1.807, 2.05) is 54.9 Å². The van der Waals surface area contributed by atoms with E-state index in [2.05, 4.69) is 10.4 Å². The molecule has 0 spiro atoms. The number of nitrogens with one attached hydrogen (secondary N) is 1. The largest absolute Gasteiger partial charge is 0.460 e. The fourth-order valence-corrected chi connectivity index (χ4v) is 5.65. The van der Waals surface area contributed by atoms with E-state index in [1.165, 1.54) is 0 Å². The number of benzene rings is 1. The van der Waals surface area contributed by atoms with E-state index >= 15 is 0 Å². The molecule has 0 aliphatic carbocycles. The zero-order valence-corrected chi connectivity index (χ0v) is 18.1. The lowest BCUT2D eigenvalue weighted by Crippen LogP contribution is -2.16. The standard InChI is InChI=1S/C21H24ClN3O3S/c1-14-20(15(2)25(24-14)18-9-10-29(26,27)13-18)12-23-11-19-7-8-21(28-19)16-3-5-17(22)6-4-16/h3-8,18,23H,9-13H2,1-2H3/t18-/m1/s1. The van der Waals surface area contributed by atoms with Crippen LogP contribution in [0.4, 0.5) is 0 Å². The molecular formula is C21H24ClN3O3S. The van der Waals surface area contributed by atoms with E-state index in [0.717, 1.165) is 34.0 Å². The van der Waals surface area contributed by atoms with Crippen LogP contribution in [0.15, 0.2) is 40.8 Å². The van der Waals surface area contributed by atoms with Crippen molar-refractivity contribution in [1.29, 1.82) is 0 Å². The molecule has 1 fully saturated rings. The SMILES string of the molecule is Cc1nn([C@@H]2CCS(=O)(=O)C2)c(C)c1CNCc1ccc(-c2ccc(Cl)cc2)o1. The van der Waals surface area contributed by atoms with E-state index in [1.54, 1.807) is 0 Å². The van der Waals surface area contributed by atoms with Gasteiger partial charge >= 0.3 is 0 Å². The first-order valence-corrected chi connectivity index (χ1v) is 11.8. The maximum absolute atomic E-state index is 11.8. The monoisotopic (exact) mass is 433 g/mol.